The zero-order chi connectivity index (χ0) is 16.0. The van der Waals surface area contributed by atoms with Gasteiger partial charge in [-0.1, -0.05) is 20.8 Å². The minimum atomic E-state index is -0.516. The van der Waals surface area contributed by atoms with Crippen LogP contribution in [0.15, 0.2) is 24.3 Å². The van der Waals surface area contributed by atoms with Crippen LogP contribution in [0, 0.1) is 5.41 Å². The van der Waals surface area contributed by atoms with E-state index in [9.17, 15) is 14.4 Å². The molecule has 1 aromatic rings. The van der Waals surface area contributed by atoms with Gasteiger partial charge in [0.25, 0.3) is 5.91 Å². The Labute approximate surface area is 123 Å². The van der Waals surface area contributed by atoms with Gasteiger partial charge in [-0.15, -0.1) is 0 Å². The summed E-state index contributed by atoms with van der Waals surface area (Å²) in [4.78, 5) is 34.5. The predicted octanol–water partition coefficient (Wildman–Crippen LogP) is 1.57. The maximum absolute atomic E-state index is 11.8. The minimum Gasteiger partial charge on any atom is -0.468 e. The molecule has 114 valence electrons. The van der Waals surface area contributed by atoms with E-state index < -0.39 is 11.4 Å². The maximum Gasteiger partial charge on any atom is 0.325 e. The van der Waals surface area contributed by atoms with Crippen LogP contribution in [0.4, 0.5) is 5.69 Å². The first-order valence-electron chi connectivity index (χ1n) is 6.50. The number of nitrogens with one attached hydrogen (secondary N) is 2. The molecule has 0 saturated carbocycles. The van der Waals surface area contributed by atoms with E-state index in [0.29, 0.717) is 11.3 Å². The Hall–Kier alpha value is -2.37. The molecule has 0 atom stereocenters. The fraction of sp³-hybridized carbons (Fsp3) is 0.400. The van der Waals surface area contributed by atoms with Crippen molar-refractivity contribution < 1.29 is 19.1 Å². The van der Waals surface area contributed by atoms with Crippen LogP contribution in [0.2, 0.25) is 0 Å². The first-order valence-corrected chi connectivity index (χ1v) is 6.50. The number of esters is 1. The summed E-state index contributed by atoms with van der Waals surface area (Å²) >= 11 is 0. The highest BCUT2D eigenvalue weighted by molar-refractivity contribution is 5.97. The molecule has 0 unspecified atom stereocenters. The number of methoxy groups -OCH3 is 1. The number of anilines is 1. The molecule has 2 amide bonds. The van der Waals surface area contributed by atoms with E-state index in [4.69, 9.17) is 0 Å². The second-order valence-electron chi connectivity index (χ2n) is 5.54. The van der Waals surface area contributed by atoms with Crippen LogP contribution in [0.25, 0.3) is 0 Å². The molecule has 1 aromatic carbocycles. The van der Waals surface area contributed by atoms with Gasteiger partial charge in [0.1, 0.15) is 6.54 Å². The van der Waals surface area contributed by atoms with Crippen molar-refractivity contribution in [2.75, 3.05) is 19.0 Å². The number of hydrogen-bond acceptors (Lipinski definition) is 4. The van der Waals surface area contributed by atoms with Crippen molar-refractivity contribution in [1.29, 1.82) is 0 Å². The number of benzene rings is 1. The number of ether oxygens (including phenoxy) is 1. The van der Waals surface area contributed by atoms with Gasteiger partial charge < -0.3 is 15.4 Å². The molecule has 0 aliphatic rings. The lowest BCUT2D eigenvalue weighted by atomic mass is 9.95. The average Bonchev–Trinajstić information content (AvgIpc) is 2.44. The van der Waals surface area contributed by atoms with Gasteiger partial charge in [0.15, 0.2) is 0 Å². The molecule has 0 heterocycles. The lowest BCUT2D eigenvalue weighted by molar-refractivity contribution is -0.139. The molecular weight excluding hydrogens is 272 g/mol. The maximum atomic E-state index is 11.8. The molecule has 0 aliphatic carbocycles. The van der Waals surface area contributed by atoms with Gasteiger partial charge in [0.2, 0.25) is 5.91 Å². The Bertz CT molecular complexity index is 530. The van der Waals surface area contributed by atoms with E-state index in [0.717, 1.165) is 0 Å². The standard InChI is InChI=1S/C15H20N2O4/c1-15(2,3)14(20)17-11-7-5-10(6-8-11)13(19)16-9-12(18)21-4/h5-8H,9H2,1-4H3,(H,16,19)(H,17,20). The van der Waals surface area contributed by atoms with Crippen LogP contribution >= 0.6 is 0 Å². The van der Waals surface area contributed by atoms with E-state index in [1.807, 2.05) is 20.8 Å². The summed E-state index contributed by atoms with van der Waals surface area (Å²) in [5, 5.41) is 5.20. The molecular formula is C15H20N2O4. The first kappa shape index (κ1) is 16.7. The van der Waals surface area contributed by atoms with Gasteiger partial charge in [0.05, 0.1) is 7.11 Å². The predicted molar refractivity (Wildman–Crippen MR) is 78.9 cm³/mol. The second kappa shape index (κ2) is 6.88. The van der Waals surface area contributed by atoms with Gasteiger partial charge in [-0.25, -0.2) is 0 Å². The monoisotopic (exact) mass is 292 g/mol. The summed E-state index contributed by atoms with van der Waals surface area (Å²) in [5.41, 5.74) is 0.517. The summed E-state index contributed by atoms with van der Waals surface area (Å²) in [5.74, 6) is -1.00. The Morgan fingerprint density at radius 3 is 2.14 bits per heavy atom. The van der Waals surface area contributed by atoms with E-state index in [1.54, 1.807) is 24.3 Å². The van der Waals surface area contributed by atoms with Crippen molar-refractivity contribution >= 4 is 23.5 Å². The van der Waals surface area contributed by atoms with E-state index in [-0.39, 0.29) is 18.4 Å². The third kappa shape index (κ3) is 5.25. The van der Waals surface area contributed by atoms with Gasteiger partial charge in [-0.3, -0.25) is 14.4 Å². The summed E-state index contributed by atoms with van der Waals surface area (Å²) in [6.07, 6.45) is 0. The van der Waals surface area contributed by atoms with Crippen LogP contribution in [0.1, 0.15) is 31.1 Å². The Balaban J connectivity index is 2.63. The third-order valence-electron chi connectivity index (χ3n) is 2.71. The van der Waals surface area contributed by atoms with Crippen LogP contribution in [-0.2, 0) is 14.3 Å². The van der Waals surface area contributed by atoms with Crippen LogP contribution in [0.3, 0.4) is 0 Å². The van der Waals surface area contributed by atoms with Crippen LogP contribution in [0.5, 0.6) is 0 Å². The number of hydrogen-bond donors (Lipinski definition) is 2. The van der Waals surface area contributed by atoms with Crippen LogP contribution in [-0.4, -0.2) is 31.4 Å². The summed E-state index contributed by atoms with van der Waals surface area (Å²) in [6.45, 7) is 5.27. The highest BCUT2D eigenvalue weighted by Crippen LogP contribution is 2.17. The quantitative estimate of drug-likeness (QED) is 0.825. The Kier molecular flexibility index (Phi) is 5.46. The van der Waals surface area contributed by atoms with Gasteiger partial charge >= 0.3 is 5.97 Å². The van der Waals surface area contributed by atoms with E-state index in [1.165, 1.54) is 7.11 Å². The zero-order valence-electron chi connectivity index (χ0n) is 12.6. The van der Waals surface area contributed by atoms with Crippen molar-refractivity contribution in [1.82, 2.24) is 5.32 Å². The smallest absolute Gasteiger partial charge is 0.325 e. The normalized spacial score (nSPS) is 10.7. The fourth-order valence-electron chi connectivity index (χ4n) is 1.35. The largest absolute Gasteiger partial charge is 0.468 e. The van der Waals surface area contributed by atoms with Crippen molar-refractivity contribution in [3.8, 4) is 0 Å². The highest BCUT2D eigenvalue weighted by Gasteiger charge is 2.21. The fourth-order valence-corrected chi connectivity index (χ4v) is 1.35. The molecule has 0 aliphatic heterocycles. The molecule has 1 rings (SSSR count). The SMILES string of the molecule is COC(=O)CNC(=O)c1ccc(NC(=O)C(C)(C)C)cc1. The Morgan fingerprint density at radius 2 is 1.67 bits per heavy atom. The first-order chi connectivity index (χ1) is 9.74. The molecule has 0 spiro atoms. The second-order valence-corrected chi connectivity index (χ2v) is 5.54. The van der Waals surface area contributed by atoms with Crippen LogP contribution < -0.4 is 10.6 Å². The number of amides is 2. The molecule has 0 saturated heterocycles. The summed E-state index contributed by atoms with van der Waals surface area (Å²) in [7, 11) is 1.25. The summed E-state index contributed by atoms with van der Waals surface area (Å²) in [6, 6.07) is 6.42. The minimum absolute atomic E-state index is 0.106. The summed E-state index contributed by atoms with van der Waals surface area (Å²) < 4.78 is 4.43. The lowest BCUT2D eigenvalue weighted by Gasteiger charge is -2.17. The lowest BCUT2D eigenvalue weighted by Crippen LogP contribution is -2.30. The third-order valence-corrected chi connectivity index (χ3v) is 2.71. The number of rotatable bonds is 4. The van der Waals surface area contributed by atoms with Gasteiger partial charge in [0, 0.05) is 16.7 Å². The zero-order valence-corrected chi connectivity index (χ0v) is 12.6. The van der Waals surface area contributed by atoms with E-state index >= 15 is 0 Å². The highest BCUT2D eigenvalue weighted by atomic mass is 16.5. The molecule has 2 N–H and O–H groups in total. The molecule has 21 heavy (non-hydrogen) atoms. The number of carbonyl (C=O) groups excluding carboxylic acids is 3. The molecule has 0 aromatic heterocycles. The molecule has 6 nitrogen and oxygen atoms in total. The van der Waals surface area contributed by atoms with E-state index in [2.05, 4.69) is 15.4 Å². The topological polar surface area (TPSA) is 84.5 Å². The average molecular weight is 292 g/mol. The molecule has 0 bridgehead atoms. The van der Waals surface area contributed by atoms with Crippen molar-refractivity contribution in [3.05, 3.63) is 29.8 Å². The Morgan fingerprint density at radius 1 is 1.10 bits per heavy atom. The van der Waals surface area contributed by atoms with Crippen molar-refractivity contribution in [2.24, 2.45) is 5.41 Å². The van der Waals surface area contributed by atoms with Gasteiger partial charge in [-0.05, 0) is 24.3 Å². The van der Waals surface area contributed by atoms with Crippen molar-refractivity contribution in [2.45, 2.75) is 20.8 Å². The van der Waals surface area contributed by atoms with Gasteiger partial charge in [-0.2, -0.15) is 0 Å². The van der Waals surface area contributed by atoms with Crippen molar-refractivity contribution in [3.63, 3.8) is 0 Å². The molecule has 0 fully saturated rings. The molecule has 6 heteroatoms. The number of carbonyl (C=O) groups is 3. The molecule has 0 radical (unpaired) electrons.